The fraction of sp³-hybridized carbons (Fsp3) is 0.480. The number of fused-ring (bicyclic) bond motifs is 1. The van der Waals surface area contributed by atoms with Gasteiger partial charge in [-0.3, -0.25) is 9.48 Å². The number of benzene rings is 1. The lowest BCUT2D eigenvalue weighted by Gasteiger charge is -2.30. The molecule has 0 radical (unpaired) electrons. The first-order valence-corrected chi connectivity index (χ1v) is 12.4. The second-order valence-electron chi connectivity index (χ2n) is 8.82. The second-order valence-corrected chi connectivity index (χ2v) is 8.82. The third-order valence-electron chi connectivity index (χ3n) is 6.35. The predicted octanol–water partition coefficient (Wildman–Crippen LogP) is 3.15. The summed E-state index contributed by atoms with van der Waals surface area (Å²) in [5.74, 6) is -1.23. The first-order valence-electron chi connectivity index (χ1n) is 12.4. The van der Waals surface area contributed by atoms with E-state index in [0.717, 1.165) is 42.7 Å². The lowest BCUT2D eigenvalue weighted by molar-refractivity contribution is 0.0491. The van der Waals surface area contributed by atoms with E-state index in [-0.39, 0.29) is 29.3 Å². The predicted molar refractivity (Wildman–Crippen MR) is 137 cm³/mol. The Morgan fingerprint density at radius 3 is 2.78 bits per heavy atom. The van der Waals surface area contributed by atoms with Gasteiger partial charge in [0.2, 0.25) is 0 Å². The summed E-state index contributed by atoms with van der Waals surface area (Å²) < 4.78 is 27.6. The first kappa shape index (κ1) is 25.8. The van der Waals surface area contributed by atoms with E-state index in [4.69, 9.17) is 20.9 Å². The standard InChI is InChI=1S/C25H34FN7O3/c1-2-35-12-13-36-11-10-33-22-9-5-8-20(17(22)15-29-33)30-24-16(23(28)34)14-18(26)25(32-24)31-21-7-4-3-6-19(21)27/h5,8-9,14-15,19,21H,2-4,6-7,10-13,27H2,1H3,(H2,28,34)(H2,30,31,32). The number of nitrogens with zero attached hydrogens (tertiary/aromatic N) is 3. The number of rotatable bonds is 12. The average molecular weight is 500 g/mol. The van der Waals surface area contributed by atoms with E-state index in [1.165, 1.54) is 0 Å². The highest BCUT2D eigenvalue weighted by Gasteiger charge is 2.24. The average Bonchev–Trinajstić information content (AvgIpc) is 3.28. The van der Waals surface area contributed by atoms with Crippen molar-refractivity contribution in [3.63, 3.8) is 0 Å². The van der Waals surface area contributed by atoms with Gasteiger partial charge in [-0.25, -0.2) is 9.37 Å². The number of anilines is 3. The summed E-state index contributed by atoms with van der Waals surface area (Å²) in [5.41, 5.74) is 13.3. The molecule has 10 nitrogen and oxygen atoms in total. The molecule has 36 heavy (non-hydrogen) atoms. The number of ether oxygens (including phenoxy) is 2. The van der Waals surface area contributed by atoms with Crippen LogP contribution in [0.15, 0.2) is 30.5 Å². The highest BCUT2D eigenvalue weighted by molar-refractivity contribution is 6.00. The van der Waals surface area contributed by atoms with Gasteiger partial charge < -0.3 is 31.6 Å². The van der Waals surface area contributed by atoms with Crippen molar-refractivity contribution >= 4 is 34.1 Å². The number of aromatic nitrogens is 3. The lowest BCUT2D eigenvalue weighted by Crippen LogP contribution is -2.43. The van der Waals surface area contributed by atoms with Gasteiger partial charge >= 0.3 is 0 Å². The number of carbonyl (C=O) groups is 1. The third-order valence-corrected chi connectivity index (χ3v) is 6.35. The molecule has 0 aliphatic heterocycles. The summed E-state index contributed by atoms with van der Waals surface area (Å²) in [5, 5.41) is 11.6. The summed E-state index contributed by atoms with van der Waals surface area (Å²) in [7, 11) is 0. The van der Waals surface area contributed by atoms with Gasteiger partial charge in [-0.05, 0) is 38.0 Å². The van der Waals surface area contributed by atoms with Crippen molar-refractivity contribution in [2.75, 3.05) is 37.1 Å². The maximum Gasteiger partial charge on any atom is 0.252 e. The van der Waals surface area contributed by atoms with Gasteiger partial charge in [-0.15, -0.1) is 0 Å². The van der Waals surface area contributed by atoms with Crippen LogP contribution < -0.4 is 22.1 Å². The number of pyridine rings is 1. The quantitative estimate of drug-likeness (QED) is 0.278. The Kier molecular flexibility index (Phi) is 8.68. The zero-order valence-corrected chi connectivity index (χ0v) is 20.5. The zero-order valence-electron chi connectivity index (χ0n) is 20.5. The SMILES string of the molecule is CCOCCOCCn1ncc2c(Nc3nc(NC4CCCCC4N)c(F)cc3C(N)=O)cccc21. The van der Waals surface area contributed by atoms with E-state index < -0.39 is 11.7 Å². The van der Waals surface area contributed by atoms with E-state index in [2.05, 4.69) is 20.7 Å². The molecule has 0 spiro atoms. The Bertz CT molecular complexity index is 1190. The number of nitrogens with two attached hydrogens (primary N) is 2. The number of nitrogens with one attached hydrogen (secondary N) is 2. The summed E-state index contributed by atoms with van der Waals surface area (Å²) in [4.78, 5) is 16.5. The van der Waals surface area contributed by atoms with Gasteiger partial charge in [0.05, 0.1) is 49.3 Å². The van der Waals surface area contributed by atoms with Crippen LogP contribution >= 0.6 is 0 Å². The zero-order chi connectivity index (χ0) is 25.5. The van der Waals surface area contributed by atoms with Gasteiger partial charge in [0.25, 0.3) is 5.91 Å². The van der Waals surface area contributed by atoms with Crippen LogP contribution in [0.5, 0.6) is 0 Å². The molecule has 2 heterocycles. The van der Waals surface area contributed by atoms with E-state index in [1.54, 1.807) is 6.20 Å². The number of hydrogen-bond donors (Lipinski definition) is 4. The second kappa shape index (κ2) is 12.1. The fourth-order valence-corrected chi connectivity index (χ4v) is 4.42. The van der Waals surface area contributed by atoms with Crippen LogP contribution in [0.3, 0.4) is 0 Å². The Morgan fingerprint density at radius 1 is 1.19 bits per heavy atom. The van der Waals surface area contributed by atoms with Gasteiger partial charge in [-0.1, -0.05) is 18.9 Å². The van der Waals surface area contributed by atoms with E-state index in [9.17, 15) is 9.18 Å². The molecule has 1 saturated carbocycles. The van der Waals surface area contributed by atoms with Crippen LogP contribution in [-0.4, -0.2) is 59.2 Å². The van der Waals surface area contributed by atoms with Crippen molar-refractivity contribution in [3.8, 4) is 0 Å². The first-order chi connectivity index (χ1) is 17.5. The third kappa shape index (κ3) is 6.10. The molecular weight excluding hydrogens is 465 g/mol. The largest absolute Gasteiger partial charge is 0.379 e. The molecule has 0 saturated heterocycles. The maximum atomic E-state index is 14.8. The van der Waals surface area contributed by atoms with Crippen LogP contribution in [0.4, 0.5) is 21.7 Å². The van der Waals surface area contributed by atoms with Crippen LogP contribution in [0.2, 0.25) is 0 Å². The molecule has 0 bridgehead atoms. The minimum absolute atomic E-state index is 0.0388. The molecular formula is C25H34FN7O3. The Labute approximate surface area is 209 Å². The van der Waals surface area contributed by atoms with Gasteiger partial charge in [0, 0.05) is 24.1 Å². The monoisotopic (exact) mass is 499 g/mol. The van der Waals surface area contributed by atoms with Crippen molar-refractivity contribution in [2.24, 2.45) is 11.5 Å². The van der Waals surface area contributed by atoms with E-state index >= 15 is 0 Å². The normalized spacial score (nSPS) is 17.9. The maximum absolute atomic E-state index is 14.8. The molecule has 2 aromatic heterocycles. The van der Waals surface area contributed by atoms with Crippen molar-refractivity contribution < 1.29 is 18.7 Å². The summed E-state index contributed by atoms with van der Waals surface area (Å²) in [6.45, 7) is 4.74. The van der Waals surface area contributed by atoms with Gasteiger partial charge in [-0.2, -0.15) is 5.10 Å². The molecule has 6 N–H and O–H groups in total. The molecule has 11 heteroatoms. The number of halogens is 1. The highest BCUT2D eigenvalue weighted by atomic mass is 19.1. The van der Waals surface area contributed by atoms with Crippen molar-refractivity contribution in [1.29, 1.82) is 0 Å². The summed E-state index contributed by atoms with van der Waals surface area (Å²) >= 11 is 0. The Balaban J connectivity index is 1.55. The smallest absolute Gasteiger partial charge is 0.252 e. The number of carbonyl (C=O) groups excluding carboxylic acids is 1. The van der Waals surface area contributed by atoms with E-state index in [1.807, 2.05) is 29.8 Å². The van der Waals surface area contributed by atoms with Crippen molar-refractivity contribution in [2.45, 2.75) is 51.2 Å². The number of amides is 1. The van der Waals surface area contributed by atoms with Crippen molar-refractivity contribution in [1.82, 2.24) is 14.8 Å². The summed E-state index contributed by atoms with van der Waals surface area (Å²) in [6, 6.07) is 6.58. The lowest BCUT2D eigenvalue weighted by atomic mass is 9.91. The minimum atomic E-state index is -0.781. The van der Waals surface area contributed by atoms with Crippen LogP contribution in [0, 0.1) is 5.82 Å². The molecule has 1 aliphatic rings. The molecule has 2 atom stereocenters. The summed E-state index contributed by atoms with van der Waals surface area (Å²) in [6.07, 6.45) is 5.50. The number of hydrogen-bond acceptors (Lipinski definition) is 8. The topological polar surface area (TPSA) is 142 Å². The molecule has 2 unspecified atom stereocenters. The Hall–Kier alpha value is -3.28. The van der Waals surface area contributed by atoms with Crippen LogP contribution in [0.1, 0.15) is 43.0 Å². The molecule has 1 amide bonds. The highest BCUT2D eigenvalue weighted by Crippen LogP contribution is 2.30. The molecule has 194 valence electrons. The number of primary amides is 1. The van der Waals surface area contributed by atoms with Crippen molar-refractivity contribution in [3.05, 3.63) is 41.8 Å². The minimum Gasteiger partial charge on any atom is -0.379 e. The molecule has 3 aromatic rings. The van der Waals surface area contributed by atoms with E-state index in [0.29, 0.717) is 38.7 Å². The molecule has 1 aromatic carbocycles. The molecule has 1 aliphatic carbocycles. The van der Waals surface area contributed by atoms with Gasteiger partial charge in [0.15, 0.2) is 11.6 Å². The van der Waals surface area contributed by atoms with Gasteiger partial charge in [0.1, 0.15) is 5.82 Å². The molecule has 4 rings (SSSR count). The fourth-order valence-electron chi connectivity index (χ4n) is 4.42. The van der Waals surface area contributed by atoms with Crippen LogP contribution in [-0.2, 0) is 16.0 Å². The Morgan fingerprint density at radius 2 is 2.00 bits per heavy atom. The molecule has 1 fully saturated rings. The van der Waals surface area contributed by atoms with Crippen LogP contribution in [0.25, 0.3) is 10.9 Å².